The van der Waals surface area contributed by atoms with Crippen molar-refractivity contribution in [3.05, 3.63) is 16.3 Å². The number of aromatic carboxylic acids is 1. The molecule has 1 aromatic rings. The van der Waals surface area contributed by atoms with Crippen molar-refractivity contribution in [1.82, 2.24) is 4.72 Å². The minimum Gasteiger partial charge on any atom is -0.477 e. The third-order valence-electron chi connectivity index (χ3n) is 3.48. The van der Waals surface area contributed by atoms with E-state index in [9.17, 15) is 13.2 Å². The quantitative estimate of drug-likeness (QED) is 0.795. The van der Waals surface area contributed by atoms with Gasteiger partial charge in [-0.15, -0.1) is 11.3 Å². The van der Waals surface area contributed by atoms with Crippen LogP contribution in [0.4, 0.5) is 0 Å². The number of nitrogens with one attached hydrogen (secondary N) is 1. The zero-order valence-electron chi connectivity index (χ0n) is 11.0. The van der Waals surface area contributed by atoms with Gasteiger partial charge in [0.1, 0.15) is 9.77 Å². The largest absolute Gasteiger partial charge is 0.477 e. The first-order valence-electron chi connectivity index (χ1n) is 6.27. The maximum absolute atomic E-state index is 12.0. The first-order chi connectivity index (χ1) is 9.44. The second-order valence-electron chi connectivity index (χ2n) is 4.80. The van der Waals surface area contributed by atoms with E-state index in [1.807, 2.05) is 0 Å². The summed E-state index contributed by atoms with van der Waals surface area (Å²) in [5, 5.41) is 10.4. The molecule has 0 unspecified atom stereocenters. The molecule has 20 heavy (non-hydrogen) atoms. The minimum absolute atomic E-state index is 0.152. The molecule has 0 amide bonds. The maximum Gasteiger partial charge on any atom is 0.347 e. The van der Waals surface area contributed by atoms with E-state index in [0.717, 1.165) is 30.6 Å². The molecule has 112 valence electrons. The molecule has 8 heteroatoms. The Morgan fingerprint density at radius 3 is 2.85 bits per heavy atom. The zero-order chi connectivity index (χ0) is 14.8. The number of carboxylic acids is 1. The van der Waals surface area contributed by atoms with Gasteiger partial charge in [-0.3, -0.25) is 0 Å². The van der Waals surface area contributed by atoms with Crippen LogP contribution in [-0.4, -0.2) is 39.3 Å². The summed E-state index contributed by atoms with van der Waals surface area (Å²) < 4.78 is 31.7. The van der Waals surface area contributed by atoms with Crippen LogP contribution in [0.5, 0.6) is 0 Å². The molecule has 2 rings (SSSR count). The van der Waals surface area contributed by atoms with Crippen molar-refractivity contribution in [2.75, 3.05) is 13.7 Å². The summed E-state index contributed by atoms with van der Waals surface area (Å²) >= 11 is 0.908. The Bertz CT molecular complexity index is 574. The second-order valence-corrected chi connectivity index (χ2v) is 7.45. The Labute approximate surface area is 121 Å². The van der Waals surface area contributed by atoms with Crippen molar-refractivity contribution in [2.24, 2.45) is 5.92 Å². The first-order valence-corrected chi connectivity index (χ1v) is 8.63. The van der Waals surface area contributed by atoms with Crippen LogP contribution in [0, 0.1) is 5.92 Å². The van der Waals surface area contributed by atoms with Crippen LogP contribution >= 0.6 is 11.3 Å². The van der Waals surface area contributed by atoms with E-state index in [0.29, 0.717) is 18.6 Å². The van der Waals surface area contributed by atoms with Gasteiger partial charge in [0.2, 0.25) is 10.0 Å². The fraction of sp³-hybridized carbons (Fsp3) is 0.583. The predicted octanol–water partition coefficient (Wildman–Crippen LogP) is 1.54. The highest BCUT2D eigenvalue weighted by Crippen LogP contribution is 2.32. The van der Waals surface area contributed by atoms with Gasteiger partial charge >= 0.3 is 5.97 Å². The summed E-state index contributed by atoms with van der Waals surface area (Å²) in [7, 11) is -2.07. The number of thiophene rings is 1. The molecule has 1 saturated carbocycles. The molecule has 1 aromatic heterocycles. The molecular weight excluding hydrogens is 302 g/mol. The third kappa shape index (κ3) is 3.38. The molecule has 0 aromatic carbocycles. The molecule has 0 atom stereocenters. The Kier molecular flexibility index (Phi) is 4.79. The Balaban J connectivity index is 1.88. The first kappa shape index (κ1) is 15.4. The lowest BCUT2D eigenvalue weighted by Crippen LogP contribution is -2.34. The van der Waals surface area contributed by atoms with Gasteiger partial charge in [0.15, 0.2) is 0 Å². The van der Waals surface area contributed by atoms with Crippen LogP contribution in [0.3, 0.4) is 0 Å². The summed E-state index contributed by atoms with van der Waals surface area (Å²) in [6.45, 7) is 0.318. The van der Waals surface area contributed by atoms with E-state index in [2.05, 4.69) is 4.72 Å². The summed E-state index contributed by atoms with van der Waals surface area (Å²) in [4.78, 5) is 10.6. The monoisotopic (exact) mass is 319 g/mol. The molecule has 2 N–H and O–H groups in total. The Morgan fingerprint density at radius 2 is 2.25 bits per heavy atom. The topological polar surface area (TPSA) is 92.7 Å². The van der Waals surface area contributed by atoms with Crippen LogP contribution < -0.4 is 4.72 Å². The summed E-state index contributed by atoms with van der Waals surface area (Å²) in [5.41, 5.74) is 0. The van der Waals surface area contributed by atoms with Crippen molar-refractivity contribution >= 4 is 27.3 Å². The van der Waals surface area contributed by atoms with Gasteiger partial charge in [0.05, 0.1) is 6.10 Å². The van der Waals surface area contributed by atoms with E-state index < -0.39 is 16.0 Å². The molecule has 0 bridgehead atoms. The fourth-order valence-electron chi connectivity index (χ4n) is 2.24. The zero-order valence-corrected chi connectivity index (χ0v) is 12.7. The number of carbonyl (C=O) groups is 1. The summed E-state index contributed by atoms with van der Waals surface area (Å²) in [6.07, 6.45) is 2.95. The minimum atomic E-state index is -3.74. The number of carboxylic acid groups (broad SMARTS) is 1. The second kappa shape index (κ2) is 6.21. The summed E-state index contributed by atoms with van der Waals surface area (Å²) in [6, 6.07) is 1.32. The molecule has 0 spiro atoms. The van der Waals surface area contributed by atoms with Gasteiger partial charge in [0, 0.05) is 13.7 Å². The Morgan fingerprint density at radius 1 is 1.55 bits per heavy atom. The molecule has 1 heterocycles. The number of sulfonamides is 1. The standard InChI is InChI=1S/C12H17NO5S2/c1-18-9-6-8(7-9)2-4-13-20(16,17)10-3-5-19-11(10)12(14)15/h3,5,8-9,13H,2,4,6-7H2,1H3,(H,14,15). The number of rotatable bonds is 7. The average molecular weight is 319 g/mol. The van der Waals surface area contributed by atoms with Gasteiger partial charge in [-0.1, -0.05) is 0 Å². The number of ether oxygens (including phenoxy) is 1. The molecule has 1 fully saturated rings. The predicted molar refractivity (Wildman–Crippen MR) is 74.6 cm³/mol. The number of methoxy groups -OCH3 is 1. The van der Waals surface area contributed by atoms with Crippen molar-refractivity contribution in [3.8, 4) is 0 Å². The lowest BCUT2D eigenvalue weighted by atomic mass is 9.80. The van der Waals surface area contributed by atoms with Crippen molar-refractivity contribution in [2.45, 2.75) is 30.3 Å². The molecule has 1 aliphatic carbocycles. The molecule has 0 aliphatic heterocycles. The van der Waals surface area contributed by atoms with Crippen molar-refractivity contribution in [1.29, 1.82) is 0 Å². The maximum atomic E-state index is 12.0. The number of hydrogen-bond donors (Lipinski definition) is 2. The van der Waals surface area contributed by atoms with E-state index >= 15 is 0 Å². The molecule has 1 aliphatic rings. The van der Waals surface area contributed by atoms with Gasteiger partial charge in [-0.05, 0) is 36.6 Å². The van der Waals surface area contributed by atoms with Crippen LogP contribution in [0.1, 0.15) is 28.9 Å². The lowest BCUT2D eigenvalue weighted by Gasteiger charge is -2.34. The average Bonchev–Trinajstić information content (AvgIpc) is 2.81. The third-order valence-corrected chi connectivity index (χ3v) is 6.02. The van der Waals surface area contributed by atoms with Gasteiger partial charge in [-0.2, -0.15) is 0 Å². The van der Waals surface area contributed by atoms with Gasteiger partial charge in [0.25, 0.3) is 0 Å². The normalized spacial score (nSPS) is 22.4. The van der Waals surface area contributed by atoms with E-state index in [1.54, 1.807) is 7.11 Å². The Hall–Kier alpha value is -0.960. The number of hydrogen-bond acceptors (Lipinski definition) is 5. The smallest absolute Gasteiger partial charge is 0.347 e. The molecule has 6 nitrogen and oxygen atoms in total. The van der Waals surface area contributed by atoms with Gasteiger partial charge < -0.3 is 9.84 Å². The highest BCUT2D eigenvalue weighted by Gasteiger charge is 2.29. The van der Waals surface area contributed by atoms with Crippen LogP contribution in [0.2, 0.25) is 0 Å². The lowest BCUT2D eigenvalue weighted by molar-refractivity contribution is -0.000912. The molecule has 0 saturated heterocycles. The van der Waals surface area contributed by atoms with Crippen LogP contribution in [0.15, 0.2) is 16.3 Å². The highest BCUT2D eigenvalue weighted by atomic mass is 32.2. The SMILES string of the molecule is COC1CC(CCNS(=O)(=O)c2ccsc2C(=O)O)C1. The molecular formula is C12H17NO5S2. The summed E-state index contributed by atoms with van der Waals surface area (Å²) in [5.74, 6) is -0.744. The van der Waals surface area contributed by atoms with Crippen LogP contribution in [-0.2, 0) is 14.8 Å². The van der Waals surface area contributed by atoms with Crippen LogP contribution in [0.25, 0.3) is 0 Å². The van der Waals surface area contributed by atoms with E-state index in [-0.39, 0.29) is 9.77 Å². The highest BCUT2D eigenvalue weighted by molar-refractivity contribution is 7.89. The van der Waals surface area contributed by atoms with Crippen molar-refractivity contribution in [3.63, 3.8) is 0 Å². The van der Waals surface area contributed by atoms with E-state index in [4.69, 9.17) is 9.84 Å². The van der Waals surface area contributed by atoms with E-state index in [1.165, 1.54) is 11.4 Å². The molecule has 0 radical (unpaired) electrons. The fourth-order valence-corrected chi connectivity index (χ4v) is 4.55. The van der Waals surface area contributed by atoms with Gasteiger partial charge in [-0.25, -0.2) is 17.9 Å². The van der Waals surface area contributed by atoms with Crippen molar-refractivity contribution < 1.29 is 23.1 Å².